The maximum Gasteiger partial charge on any atom is 0.191 e. The molecule has 0 atom stereocenters. The van der Waals surface area contributed by atoms with E-state index in [1.807, 2.05) is 7.05 Å². The quantitative estimate of drug-likeness (QED) is 0.517. The van der Waals surface area contributed by atoms with Crippen LogP contribution in [-0.4, -0.2) is 62.8 Å². The number of hydrogen-bond acceptors (Lipinski definition) is 3. The van der Waals surface area contributed by atoms with Gasteiger partial charge in [0.1, 0.15) is 0 Å². The fraction of sp³-hybridized carbons (Fsp3) is 0.682. The third kappa shape index (κ3) is 4.24. The molecule has 1 aromatic rings. The Labute approximate surface area is 177 Å². The van der Waals surface area contributed by atoms with Gasteiger partial charge in [-0.05, 0) is 63.2 Å². The molecular weight excluding hydrogens is 416 g/mol. The van der Waals surface area contributed by atoms with Crippen molar-refractivity contribution in [1.82, 2.24) is 15.5 Å². The van der Waals surface area contributed by atoms with Crippen molar-refractivity contribution in [2.75, 3.05) is 46.4 Å². The van der Waals surface area contributed by atoms with Crippen LogP contribution in [0.4, 0.5) is 0 Å². The molecule has 3 fully saturated rings. The molecule has 2 saturated heterocycles. The first-order valence-corrected chi connectivity index (χ1v) is 11.5. The molecule has 2 N–H and O–H groups in total. The Kier molecular flexibility index (Phi) is 6.28. The normalized spacial score (nSPS) is 24.1. The number of nitrogens with one attached hydrogen (secondary N) is 2. The SMILES string of the molecule is CN=C(NCC1(c2ccccc2Br)CC1)NCC1(N2CCCC2)CCOCC1. The fourth-order valence-electron chi connectivity index (χ4n) is 4.85. The number of hydrogen-bond donors (Lipinski definition) is 2. The number of guanidine groups is 1. The third-order valence-corrected chi connectivity index (χ3v) is 7.59. The van der Waals surface area contributed by atoms with Crippen LogP contribution in [0.1, 0.15) is 44.1 Å². The average Bonchev–Trinajstić information content (AvgIpc) is 3.30. The summed E-state index contributed by atoms with van der Waals surface area (Å²) in [5, 5.41) is 7.27. The van der Waals surface area contributed by atoms with Gasteiger partial charge in [-0.25, -0.2) is 0 Å². The van der Waals surface area contributed by atoms with Gasteiger partial charge in [0.15, 0.2) is 5.96 Å². The molecule has 3 aliphatic rings. The van der Waals surface area contributed by atoms with Gasteiger partial charge in [0, 0.05) is 48.8 Å². The van der Waals surface area contributed by atoms with E-state index in [0.717, 1.165) is 45.1 Å². The van der Waals surface area contributed by atoms with Crippen LogP contribution in [0.5, 0.6) is 0 Å². The summed E-state index contributed by atoms with van der Waals surface area (Å²) in [6, 6.07) is 8.62. The molecule has 0 aromatic heterocycles. The van der Waals surface area contributed by atoms with Crippen LogP contribution in [-0.2, 0) is 10.2 Å². The van der Waals surface area contributed by atoms with Gasteiger partial charge in [0.05, 0.1) is 0 Å². The summed E-state index contributed by atoms with van der Waals surface area (Å²) in [4.78, 5) is 7.20. The fourth-order valence-corrected chi connectivity index (χ4v) is 5.56. The van der Waals surface area contributed by atoms with E-state index >= 15 is 0 Å². The Bertz CT molecular complexity index is 692. The maximum absolute atomic E-state index is 5.67. The highest BCUT2D eigenvalue weighted by atomic mass is 79.9. The standard InChI is InChI=1S/C22H33BrN4O/c1-24-20(25-16-21(8-9-21)18-6-2-3-7-19(18)23)26-17-22(10-14-28-15-11-22)27-12-4-5-13-27/h2-3,6-7H,4-5,8-17H2,1H3,(H2,24,25,26). The number of nitrogens with zero attached hydrogens (tertiary/aromatic N) is 2. The Morgan fingerprint density at radius 2 is 1.75 bits per heavy atom. The molecule has 0 spiro atoms. The van der Waals surface area contributed by atoms with Gasteiger partial charge in [0.25, 0.3) is 0 Å². The number of ether oxygens (including phenoxy) is 1. The summed E-state index contributed by atoms with van der Waals surface area (Å²) in [7, 11) is 1.87. The van der Waals surface area contributed by atoms with Gasteiger partial charge in [-0.3, -0.25) is 9.89 Å². The Morgan fingerprint density at radius 3 is 2.39 bits per heavy atom. The van der Waals surface area contributed by atoms with E-state index in [2.05, 4.69) is 60.7 Å². The topological polar surface area (TPSA) is 48.9 Å². The summed E-state index contributed by atoms with van der Waals surface area (Å²) in [5.41, 5.74) is 1.87. The summed E-state index contributed by atoms with van der Waals surface area (Å²) in [5.74, 6) is 0.920. The molecule has 2 aliphatic heterocycles. The monoisotopic (exact) mass is 448 g/mol. The zero-order valence-corrected chi connectivity index (χ0v) is 18.6. The predicted molar refractivity (Wildman–Crippen MR) is 118 cm³/mol. The molecule has 6 heteroatoms. The first-order chi connectivity index (χ1) is 13.7. The van der Waals surface area contributed by atoms with Gasteiger partial charge in [-0.1, -0.05) is 34.1 Å². The highest BCUT2D eigenvalue weighted by Crippen LogP contribution is 2.49. The molecule has 4 rings (SSSR count). The van der Waals surface area contributed by atoms with E-state index in [1.165, 1.54) is 48.8 Å². The largest absolute Gasteiger partial charge is 0.381 e. The molecule has 2 heterocycles. The first kappa shape index (κ1) is 20.2. The highest BCUT2D eigenvalue weighted by molar-refractivity contribution is 9.10. The Morgan fingerprint density at radius 1 is 1.07 bits per heavy atom. The van der Waals surface area contributed by atoms with E-state index in [4.69, 9.17) is 4.74 Å². The summed E-state index contributed by atoms with van der Waals surface area (Å²) >= 11 is 3.73. The van der Waals surface area contributed by atoms with Gasteiger partial charge in [0.2, 0.25) is 0 Å². The Balaban J connectivity index is 1.36. The van der Waals surface area contributed by atoms with Crippen molar-refractivity contribution >= 4 is 21.9 Å². The van der Waals surface area contributed by atoms with Crippen LogP contribution in [0.15, 0.2) is 33.7 Å². The molecule has 28 heavy (non-hydrogen) atoms. The summed E-state index contributed by atoms with van der Waals surface area (Å²) < 4.78 is 6.89. The van der Waals surface area contributed by atoms with Gasteiger partial charge in [-0.2, -0.15) is 0 Å². The molecule has 0 amide bonds. The molecule has 154 valence electrons. The zero-order valence-electron chi connectivity index (χ0n) is 17.0. The molecule has 1 aliphatic carbocycles. The second-order valence-corrected chi connectivity index (χ2v) is 9.42. The van der Waals surface area contributed by atoms with Crippen LogP contribution in [0, 0.1) is 0 Å². The van der Waals surface area contributed by atoms with E-state index in [9.17, 15) is 0 Å². The van der Waals surface area contributed by atoms with E-state index in [0.29, 0.717) is 0 Å². The highest BCUT2D eigenvalue weighted by Gasteiger charge is 2.45. The lowest BCUT2D eigenvalue weighted by Gasteiger charge is -2.45. The van der Waals surface area contributed by atoms with Crippen molar-refractivity contribution in [2.45, 2.75) is 49.5 Å². The summed E-state index contributed by atoms with van der Waals surface area (Å²) in [6.07, 6.45) is 7.33. The van der Waals surface area contributed by atoms with E-state index in [-0.39, 0.29) is 11.0 Å². The minimum absolute atomic E-state index is 0.214. The molecule has 5 nitrogen and oxygen atoms in total. The lowest BCUT2D eigenvalue weighted by molar-refractivity contribution is -0.0164. The summed E-state index contributed by atoms with van der Waals surface area (Å²) in [6.45, 7) is 6.05. The number of rotatable bonds is 6. The van der Waals surface area contributed by atoms with Gasteiger partial charge >= 0.3 is 0 Å². The molecular formula is C22H33BrN4O. The lowest BCUT2D eigenvalue weighted by atomic mass is 9.88. The number of benzene rings is 1. The van der Waals surface area contributed by atoms with Crippen LogP contribution in [0.2, 0.25) is 0 Å². The van der Waals surface area contributed by atoms with Crippen molar-refractivity contribution in [3.05, 3.63) is 34.3 Å². The van der Waals surface area contributed by atoms with Gasteiger partial charge in [-0.15, -0.1) is 0 Å². The van der Waals surface area contributed by atoms with Gasteiger partial charge < -0.3 is 15.4 Å². The molecule has 0 bridgehead atoms. The average molecular weight is 449 g/mol. The molecule has 1 aromatic carbocycles. The van der Waals surface area contributed by atoms with Crippen LogP contribution >= 0.6 is 15.9 Å². The molecule has 0 unspecified atom stereocenters. The smallest absolute Gasteiger partial charge is 0.191 e. The molecule has 1 saturated carbocycles. The van der Waals surface area contributed by atoms with E-state index < -0.39 is 0 Å². The van der Waals surface area contributed by atoms with Crippen molar-refractivity contribution in [1.29, 1.82) is 0 Å². The number of likely N-dealkylation sites (tertiary alicyclic amines) is 1. The number of aliphatic imine (C=N–C) groups is 1. The first-order valence-electron chi connectivity index (χ1n) is 10.7. The lowest BCUT2D eigenvalue weighted by Crippen LogP contribution is -2.58. The van der Waals surface area contributed by atoms with Crippen LogP contribution < -0.4 is 10.6 Å². The van der Waals surface area contributed by atoms with Crippen molar-refractivity contribution < 1.29 is 4.74 Å². The van der Waals surface area contributed by atoms with Crippen LogP contribution in [0.3, 0.4) is 0 Å². The van der Waals surface area contributed by atoms with Crippen molar-refractivity contribution in [3.63, 3.8) is 0 Å². The number of halogens is 1. The van der Waals surface area contributed by atoms with Crippen molar-refractivity contribution in [3.8, 4) is 0 Å². The van der Waals surface area contributed by atoms with E-state index in [1.54, 1.807) is 0 Å². The second kappa shape index (κ2) is 8.72. The minimum atomic E-state index is 0.214. The van der Waals surface area contributed by atoms with Crippen molar-refractivity contribution in [2.24, 2.45) is 4.99 Å². The third-order valence-electron chi connectivity index (χ3n) is 6.90. The minimum Gasteiger partial charge on any atom is -0.381 e. The zero-order chi connectivity index (χ0) is 19.5. The van der Waals surface area contributed by atoms with Crippen LogP contribution in [0.25, 0.3) is 0 Å². The second-order valence-electron chi connectivity index (χ2n) is 8.57. The maximum atomic E-state index is 5.67. The predicted octanol–water partition coefficient (Wildman–Crippen LogP) is 3.29. The molecule has 0 radical (unpaired) electrons. The Hall–Kier alpha value is -1.11.